The zero-order valence-electron chi connectivity index (χ0n) is 14.9. The smallest absolute Gasteiger partial charge is 0.310 e. The maximum Gasteiger partial charge on any atom is 0.310 e. The van der Waals surface area contributed by atoms with Gasteiger partial charge in [-0.2, -0.15) is 0 Å². The Bertz CT molecular complexity index is 917. The first-order valence-electron chi connectivity index (χ1n) is 8.32. The number of hydrogen-bond donors (Lipinski definition) is 2. The number of nitrogens with one attached hydrogen (secondary N) is 2. The summed E-state index contributed by atoms with van der Waals surface area (Å²) >= 11 is 5.90. The van der Waals surface area contributed by atoms with Gasteiger partial charge in [-0.25, -0.2) is 0 Å². The van der Waals surface area contributed by atoms with Crippen LogP contribution in [0.5, 0.6) is 11.5 Å². The Balaban J connectivity index is 1.51. The number of halogens is 1. The number of amides is 2. The van der Waals surface area contributed by atoms with Crippen LogP contribution in [0.25, 0.3) is 0 Å². The number of para-hydroxylation sites is 2. The maximum atomic E-state index is 12.0. The van der Waals surface area contributed by atoms with Gasteiger partial charge in [0.2, 0.25) is 0 Å². The molecule has 1 atom stereocenters. The quantitative estimate of drug-likeness (QED) is 0.717. The fourth-order valence-electron chi connectivity index (χ4n) is 2.55. The molecule has 2 aromatic carbocycles. The molecule has 1 heterocycles. The van der Waals surface area contributed by atoms with E-state index >= 15 is 0 Å². The van der Waals surface area contributed by atoms with Crippen molar-refractivity contribution in [1.82, 2.24) is 0 Å². The Hall–Kier alpha value is -3.26. The number of methoxy groups -OCH3 is 1. The molecule has 0 aromatic heterocycles. The predicted octanol–water partition coefficient (Wildman–Crippen LogP) is 2.62. The van der Waals surface area contributed by atoms with Crippen LogP contribution in [0.15, 0.2) is 42.5 Å². The molecule has 3 rings (SSSR count). The second-order valence-corrected chi connectivity index (χ2v) is 6.29. The summed E-state index contributed by atoms with van der Waals surface area (Å²) in [5.74, 6) is -0.898. The highest BCUT2D eigenvalue weighted by Crippen LogP contribution is 2.30. The van der Waals surface area contributed by atoms with Gasteiger partial charge in [0.15, 0.2) is 12.7 Å². The van der Waals surface area contributed by atoms with Crippen molar-refractivity contribution in [3.05, 3.63) is 47.5 Å². The first-order valence-corrected chi connectivity index (χ1v) is 8.69. The first kappa shape index (κ1) is 19.5. The number of carbonyl (C=O) groups is 3. The van der Waals surface area contributed by atoms with Crippen LogP contribution in [0.2, 0.25) is 5.02 Å². The van der Waals surface area contributed by atoms with Gasteiger partial charge in [0, 0.05) is 5.02 Å². The van der Waals surface area contributed by atoms with E-state index in [2.05, 4.69) is 10.6 Å². The lowest BCUT2D eigenvalue weighted by atomic mass is 10.1. The third-order valence-electron chi connectivity index (χ3n) is 3.86. The van der Waals surface area contributed by atoms with Crippen LogP contribution in [-0.4, -0.2) is 37.6 Å². The number of anilines is 2. The summed E-state index contributed by atoms with van der Waals surface area (Å²) in [4.78, 5) is 36.0. The molecular weight excluding hydrogens is 388 g/mol. The van der Waals surface area contributed by atoms with Crippen molar-refractivity contribution < 1.29 is 28.6 Å². The molecule has 2 N–H and O–H groups in total. The topological polar surface area (TPSA) is 103 Å². The molecule has 0 saturated heterocycles. The van der Waals surface area contributed by atoms with Crippen LogP contribution in [0, 0.1) is 0 Å². The van der Waals surface area contributed by atoms with Gasteiger partial charge in [0.25, 0.3) is 11.8 Å². The molecule has 28 heavy (non-hydrogen) atoms. The number of rotatable bonds is 6. The summed E-state index contributed by atoms with van der Waals surface area (Å²) in [5.41, 5.74) is 0.884. The van der Waals surface area contributed by atoms with Gasteiger partial charge in [0.05, 0.1) is 24.9 Å². The fraction of sp³-hybridized carbons (Fsp3) is 0.211. The average molecular weight is 405 g/mol. The van der Waals surface area contributed by atoms with Crippen molar-refractivity contribution in [1.29, 1.82) is 0 Å². The molecule has 146 valence electrons. The minimum atomic E-state index is -1.03. The van der Waals surface area contributed by atoms with Crippen LogP contribution < -0.4 is 20.1 Å². The highest BCUT2D eigenvalue weighted by Gasteiger charge is 2.30. The number of benzene rings is 2. The predicted molar refractivity (Wildman–Crippen MR) is 102 cm³/mol. The summed E-state index contributed by atoms with van der Waals surface area (Å²) in [5, 5.41) is 5.61. The van der Waals surface area contributed by atoms with E-state index in [9.17, 15) is 14.4 Å². The molecule has 8 nitrogen and oxygen atoms in total. The minimum absolute atomic E-state index is 0.325. The third kappa shape index (κ3) is 4.72. The van der Waals surface area contributed by atoms with E-state index in [0.29, 0.717) is 27.9 Å². The van der Waals surface area contributed by atoms with E-state index in [-0.39, 0.29) is 6.42 Å². The SMILES string of the molecule is COc1ccc(Cl)cc1NC(=O)COC(=O)CC1Oc2ccccc2NC1=O. The molecule has 0 spiro atoms. The summed E-state index contributed by atoms with van der Waals surface area (Å²) in [7, 11) is 1.45. The number of esters is 1. The molecular formula is C19H17ClN2O6. The van der Waals surface area contributed by atoms with Crippen molar-refractivity contribution in [3.8, 4) is 11.5 Å². The van der Waals surface area contributed by atoms with Crippen LogP contribution in [0.1, 0.15) is 6.42 Å². The molecule has 9 heteroatoms. The lowest BCUT2D eigenvalue weighted by molar-refractivity contribution is -0.150. The van der Waals surface area contributed by atoms with Crippen LogP contribution >= 0.6 is 11.6 Å². The van der Waals surface area contributed by atoms with Gasteiger partial charge in [-0.05, 0) is 30.3 Å². The lowest BCUT2D eigenvalue weighted by Crippen LogP contribution is -2.39. The Kier molecular flexibility index (Phi) is 6.00. The Morgan fingerprint density at radius 2 is 2.04 bits per heavy atom. The van der Waals surface area contributed by atoms with Gasteiger partial charge in [-0.1, -0.05) is 23.7 Å². The van der Waals surface area contributed by atoms with Gasteiger partial charge in [-0.3, -0.25) is 14.4 Å². The van der Waals surface area contributed by atoms with E-state index in [4.69, 9.17) is 25.8 Å². The van der Waals surface area contributed by atoms with Gasteiger partial charge in [-0.15, -0.1) is 0 Å². The number of carbonyl (C=O) groups excluding carboxylic acids is 3. The molecule has 0 aliphatic carbocycles. The Labute approximate surface area is 165 Å². The average Bonchev–Trinajstić information content (AvgIpc) is 2.67. The zero-order chi connectivity index (χ0) is 20.1. The van der Waals surface area contributed by atoms with Gasteiger partial charge < -0.3 is 24.8 Å². The van der Waals surface area contributed by atoms with Crippen molar-refractivity contribution in [3.63, 3.8) is 0 Å². The number of fused-ring (bicyclic) bond motifs is 1. The summed E-state index contributed by atoms with van der Waals surface area (Å²) in [6.07, 6.45) is -1.35. The van der Waals surface area contributed by atoms with Gasteiger partial charge >= 0.3 is 5.97 Å². The van der Waals surface area contributed by atoms with Crippen LogP contribution in [0.3, 0.4) is 0 Å². The minimum Gasteiger partial charge on any atom is -0.495 e. The van der Waals surface area contributed by atoms with Crippen LogP contribution in [-0.2, 0) is 19.1 Å². The largest absolute Gasteiger partial charge is 0.495 e. The van der Waals surface area contributed by atoms with Crippen molar-refractivity contribution in [2.24, 2.45) is 0 Å². The molecule has 0 saturated carbocycles. The molecule has 1 aliphatic rings. The summed E-state index contributed by atoms with van der Waals surface area (Å²) < 4.78 is 15.6. The Morgan fingerprint density at radius 3 is 2.82 bits per heavy atom. The monoisotopic (exact) mass is 404 g/mol. The number of hydrogen-bond acceptors (Lipinski definition) is 6. The standard InChI is InChI=1S/C19H17ClN2O6/c1-26-14-7-6-11(20)8-13(14)21-17(23)10-27-18(24)9-16-19(25)22-12-4-2-3-5-15(12)28-16/h2-8,16H,9-10H2,1H3,(H,21,23)(H,22,25). The second-order valence-electron chi connectivity index (χ2n) is 5.85. The molecule has 0 bridgehead atoms. The molecule has 0 fully saturated rings. The van der Waals surface area contributed by atoms with E-state index in [1.807, 2.05) is 0 Å². The highest BCUT2D eigenvalue weighted by molar-refractivity contribution is 6.31. The molecule has 2 aromatic rings. The van der Waals surface area contributed by atoms with Crippen LogP contribution in [0.4, 0.5) is 11.4 Å². The first-order chi connectivity index (χ1) is 13.5. The second kappa shape index (κ2) is 8.62. The zero-order valence-corrected chi connectivity index (χ0v) is 15.6. The van der Waals surface area contributed by atoms with Crippen molar-refractivity contribution >= 4 is 40.8 Å². The summed E-state index contributed by atoms with van der Waals surface area (Å²) in [6.45, 7) is -0.528. The van der Waals surface area contributed by atoms with E-state index in [1.54, 1.807) is 36.4 Å². The molecule has 2 amide bonds. The Morgan fingerprint density at radius 1 is 1.25 bits per heavy atom. The summed E-state index contributed by atoms with van der Waals surface area (Å²) in [6, 6.07) is 11.6. The maximum absolute atomic E-state index is 12.0. The van der Waals surface area contributed by atoms with E-state index < -0.39 is 30.5 Å². The molecule has 0 radical (unpaired) electrons. The van der Waals surface area contributed by atoms with E-state index in [1.165, 1.54) is 13.2 Å². The third-order valence-corrected chi connectivity index (χ3v) is 4.09. The highest BCUT2D eigenvalue weighted by atomic mass is 35.5. The van der Waals surface area contributed by atoms with E-state index in [0.717, 1.165) is 0 Å². The molecule has 1 aliphatic heterocycles. The van der Waals surface area contributed by atoms with Crippen molar-refractivity contribution in [2.75, 3.05) is 24.4 Å². The van der Waals surface area contributed by atoms with Crippen molar-refractivity contribution in [2.45, 2.75) is 12.5 Å². The van der Waals surface area contributed by atoms with Gasteiger partial charge in [0.1, 0.15) is 11.5 Å². The molecule has 1 unspecified atom stereocenters. The lowest BCUT2D eigenvalue weighted by Gasteiger charge is -2.25. The normalized spacial score (nSPS) is 14.9. The number of ether oxygens (including phenoxy) is 3. The fourth-order valence-corrected chi connectivity index (χ4v) is 2.72.